The number of hydrogen-bond acceptors (Lipinski definition) is 4. The predicted octanol–water partition coefficient (Wildman–Crippen LogP) is 2.90. The predicted molar refractivity (Wildman–Crippen MR) is 95.0 cm³/mol. The van der Waals surface area contributed by atoms with Crippen molar-refractivity contribution in [3.8, 4) is 0 Å². The molecule has 1 N–H and O–H groups in total. The monoisotopic (exact) mass is 335 g/mol. The van der Waals surface area contributed by atoms with Gasteiger partial charge >= 0.3 is 6.03 Å². The van der Waals surface area contributed by atoms with Crippen LogP contribution >= 0.6 is 0 Å². The number of carbonyl (C=O) groups is 3. The standard InChI is InChI=1S/C19H17N3O3/c1-12-7-3-5-9-15(12)20-11-14-17(23)21-19(25)22(18(14)24)16-10-6-4-8-13(16)2/h3-11,14H,1-2H3,(H,21,23,25)/t14-/m1/s1. The van der Waals surface area contributed by atoms with Gasteiger partial charge in [0.05, 0.1) is 11.4 Å². The number of aliphatic imine (C=N–C) groups is 1. The molecule has 0 radical (unpaired) electrons. The smallest absolute Gasteiger partial charge is 0.276 e. The van der Waals surface area contributed by atoms with Crippen LogP contribution in [-0.4, -0.2) is 24.1 Å². The molecule has 6 nitrogen and oxygen atoms in total. The van der Waals surface area contributed by atoms with Crippen molar-refractivity contribution in [3.63, 3.8) is 0 Å². The average Bonchev–Trinajstić information content (AvgIpc) is 2.57. The first kappa shape index (κ1) is 16.6. The summed E-state index contributed by atoms with van der Waals surface area (Å²) in [6, 6.07) is 13.6. The van der Waals surface area contributed by atoms with E-state index in [4.69, 9.17) is 0 Å². The van der Waals surface area contributed by atoms with Gasteiger partial charge in [-0.15, -0.1) is 0 Å². The second-order valence-electron chi connectivity index (χ2n) is 5.80. The van der Waals surface area contributed by atoms with Crippen LogP contribution in [0, 0.1) is 19.8 Å². The Hall–Kier alpha value is -3.28. The van der Waals surface area contributed by atoms with Gasteiger partial charge in [0.2, 0.25) is 5.91 Å². The van der Waals surface area contributed by atoms with Gasteiger partial charge in [-0.3, -0.25) is 19.9 Å². The first-order valence-corrected chi connectivity index (χ1v) is 7.83. The summed E-state index contributed by atoms with van der Waals surface area (Å²) in [5, 5.41) is 2.22. The fourth-order valence-electron chi connectivity index (χ4n) is 2.63. The third-order valence-corrected chi connectivity index (χ3v) is 4.04. The summed E-state index contributed by atoms with van der Waals surface area (Å²) >= 11 is 0. The van der Waals surface area contributed by atoms with Crippen LogP contribution in [0.25, 0.3) is 0 Å². The molecule has 3 rings (SSSR count). The van der Waals surface area contributed by atoms with E-state index in [1.54, 1.807) is 31.2 Å². The number of rotatable bonds is 3. The van der Waals surface area contributed by atoms with Gasteiger partial charge in [-0.25, -0.2) is 9.69 Å². The van der Waals surface area contributed by atoms with E-state index in [9.17, 15) is 14.4 Å². The quantitative estimate of drug-likeness (QED) is 0.692. The summed E-state index contributed by atoms with van der Waals surface area (Å²) < 4.78 is 0. The van der Waals surface area contributed by atoms with Crippen molar-refractivity contribution in [1.29, 1.82) is 0 Å². The lowest BCUT2D eigenvalue weighted by Gasteiger charge is -2.29. The molecule has 4 amide bonds. The van der Waals surface area contributed by atoms with Gasteiger partial charge in [0.1, 0.15) is 0 Å². The molecule has 2 aromatic rings. The SMILES string of the molecule is Cc1ccccc1N=C[C@@H]1C(=O)NC(=O)N(c2ccccc2C)C1=O. The lowest BCUT2D eigenvalue weighted by molar-refractivity contribution is -0.131. The molecule has 2 aromatic carbocycles. The highest BCUT2D eigenvalue weighted by Gasteiger charge is 2.40. The van der Waals surface area contributed by atoms with E-state index in [1.807, 2.05) is 31.2 Å². The Morgan fingerprint density at radius 3 is 2.28 bits per heavy atom. The van der Waals surface area contributed by atoms with Crippen LogP contribution in [0.1, 0.15) is 11.1 Å². The Morgan fingerprint density at radius 2 is 1.60 bits per heavy atom. The maximum atomic E-state index is 12.8. The van der Waals surface area contributed by atoms with Gasteiger partial charge in [0, 0.05) is 6.21 Å². The highest BCUT2D eigenvalue weighted by Crippen LogP contribution is 2.24. The second kappa shape index (κ2) is 6.68. The minimum atomic E-state index is -1.16. The zero-order valence-corrected chi connectivity index (χ0v) is 13.9. The van der Waals surface area contributed by atoms with Gasteiger partial charge in [-0.05, 0) is 37.1 Å². The number of benzene rings is 2. The fraction of sp³-hybridized carbons (Fsp3) is 0.158. The van der Waals surface area contributed by atoms with Crippen molar-refractivity contribution in [2.45, 2.75) is 13.8 Å². The summed E-state index contributed by atoms with van der Waals surface area (Å²) in [6.45, 7) is 3.68. The van der Waals surface area contributed by atoms with Crippen molar-refractivity contribution in [3.05, 3.63) is 59.7 Å². The summed E-state index contributed by atoms with van der Waals surface area (Å²) in [5.41, 5.74) is 2.80. The van der Waals surface area contributed by atoms with Crippen LogP contribution in [0.4, 0.5) is 16.2 Å². The largest absolute Gasteiger partial charge is 0.335 e. The molecule has 25 heavy (non-hydrogen) atoms. The summed E-state index contributed by atoms with van der Waals surface area (Å²) in [4.78, 5) is 42.3. The van der Waals surface area contributed by atoms with E-state index in [1.165, 1.54) is 6.21 Å². The number of nitrogens with one attached hydrogen (secondary N) is 1. The highest BCUT2D eigenvalue weighted by molar-refractivity contribution is 6.32. The molecule has 1 aliphatic rings. The molecule has 0 bridgehead atoms. The van der Waals surface area contributed by atoms with E-state index >= 15 is 0 Å². The summed E-state index contributed by atoms with van der Waals surface area (Å²) in [7, 11) is 0. The number of amides is 4. The van der Waals surface area contributed by atoms with E-state index in [0.29, 0.717) is 11.4 Å². The maximum Gasteiger partial charge on any atom is 0.335 e. The Balaban J connectivity index is 1.94. The molecule has 1 atom stereocenters. The highest BCUT2D eigenvalue weighted by atomic mass is 16.2. The van der Waals surface area contributed by atoms with Crippen LogP contribution in [0.15, 0.2) is 53.5 Å². The average molecular weight is 335 g/mol. The van der Waals surface area contributed by atoms with E-state index in [-0.39, 0.29) is 0 Å². The molecule has 126 valence electrons. The van der Waals surface area contributed by atoms with Crippen molar-refractivity contribution < 1.29 is 14.4 Å². The van der Waals surface area contributed by atoms with Crippen LogP contribution < -0.4 is 10.2 Å². The van der Waals surface area contributed by atoms with Crippen LogP contribution in [0.2, 0.25) is 0 Å². The molecule has 0 unspecified atom stereocenters. The van der Waals surface area contributed by atoms with E-state index in [0.717, 1.165) is 16.0 Å². The number of para-hydroxylation sites is 2. The molecule has 0 saturated carbocycles. The molecule has 0 aromatic heterocycles. The molecule has 0 aliphatic carbocycles. The lowest BCUT2D eigenvalue weighted by atomic mass is 10.0. The minimum Gasteiger partial charge on any atom is -0.276 e. The van der Waals surface area contributed by atoms with Gasteiger partial charge in [-0.2, -0.15) is 0 Å². The van der Waals surface area contributed by atoms with Gasteiger partial charge in [0.25, 0.3) is 5.91 Å². The number of anilines is 1. The Kier molecular flexibility index (Phi) is 4.43. The van der Waals surface area contributed by atoms with E-state index < -0.39 is 23.8 Å². The fourth-order valence-corrected chi connectivity index (χ4v) is 2.63. The number of hydrogen-bond donors (Lipinski definition) is 1. The molecule has 0 spiro atoms. The van der Waals surface area contributed by atoms with Gasteiger partial charge in [0.15, 0.2) is 5.92 Å². The molecule has 6 heteroatoms. The first-order chi connectivity index (χ1) is 12.0. The molecule has 1 aliphatic heterocycles. The van der Waals surface area contributed by atoms with Crippen molar-refractivity contribution >= 4 is 35.4 Å². The van der Waals surface area contributed by atoms with E-state index in [2.05, 4.69) is 10.3 Å². The zero-order chi connectivity index (χ0) is 18.0. The summed E-state index contributed by atoms with van der Waals surface area (Å²) in [6.07, 6.45) is 1.29. The Labute approximate surface area is 145 Å². The molecule has 1 heterocycles. The number of imide groups is 2. The van der Waals surface area contributed by atoms with Crippen LogP contribution in [-0.2, 0) is 9.59 Å². The van der Waals surface area contributed by atoms with Crippen LogP contribution in [0.5, 0.6) is 0 Å². The molecular weight excluding hydrogens is 318 g/mol. The van der Waals surface area contributed by atoms with Gasteiger partial charge < -0.3 is 0 Å². The number of carbonyl (C=O) groups excluding carboxylic acids is 3. The maximum absolute atomic E-state index is 12.8. The summed E-state index contributed by atoms with van der Waals surface area (Å²) in [5.74, 6) is -2.44. The Bertz CT molecular complexity index is 889. The van der Waals surface area contributed by atoms with Crippen molar-refractivity contribution in [2.75, 3.05) is 4.90 Å². The number of nitrogens with zero attached hydrogens (tertiary/aromatic N) is 2. The normalized spacial score (nSPS) is 17.9. The molecular formula is C19H17N3O3. The molecule has 1 fully saturated rings. The first-order valence-electron chi connectivity index (χ1n) is 7.83. The Morgan fingerprint density at radius 1 is 0.960 bits per heavy atom. The number of aryl methyl sites for hydroxylation is 2. The second-order valence-corrected chi connectivity index (χ2v) is 5.80. The van der Waals surface area contributed by atoms with Gasteiger partial charge in [-0.1, -0.05) is 36.4 Å². The minimum absolute atomic E-state index is 0.451. The van der Waals surface area contributed by atoms with Crippen LogP contribution in [0.3, 0.4) is 0 Å². The number of barbiturate groups is 1. The van der Waals surface area contributed by atoms with Crippen molar-refractivity contribution in [1.82, 2.24) is 5.32 Å². The lowest BCUT2D eigenvalue weighted by Crippen LogP contribution is -2.58. The molecule has 1 saturated heterocycles. The third kappa shape index (κ3) is 3.19. The topological polar surface area (TPSA) is 78.8 Å². The number of urea groups is 1. The zero-order valence-electron chi connectivity index (χ0n) is 13.9. The third-order valence-electron chi connectivity index (χ3n) is 4.04. The van der Waals surface area contributed by atoms with Crippen molar-refractivity contribution in [2.24, 2.45) is 10.9 Å².